The van der Waals surface area contributed by atoms with Crippen molar-refractivity contribution in [2.75, 3.05) is 26.5 Å². The van der Waals surface area contributed by atoms with E-state index < -0.39 is 5.91 Å². The van der Waals surface area contributed by atoms with Crippen molar-refractivity contribution in [3.05, 3.63) is 126 Å². The average molecular weight is 683 g/mol. The second-order valence-electron chi connectivity index (χ2n) is 13.4. The Balaban J connectivity index is 1.04. The van der Waals surface area contributed by atoms with E-state index in [0.29, 0.717) is 28.7 Å². The van der Waals surface area contributed by atoms with Crippen LogP contribution >= 0.6 is 0 Å². The van der Waals surface area contributed by atoms with Gasteiger partial charge < -0.3 is 24.3 Å². The molecule has 1 saturated carbocycles. The molecule has 256 valence electrons. The lowest BCUT2D eigenvalue weighted by Gasteiger charge is -2.21. The lowest BCUT2D eigenvalue weighted by Crippen LogP contribution is -2.31. The van der Waals surface area contributed by atoms with Gasteiger partial charge in [-0.2, -0.15) is 5.10 Å². The molecule has 4 heterocycles. The minimum atomic E-state index is -0.484. The molecule has 1 aliphatic carbocycles. The number of hydrogen-bond donors (Lipinski definition) is 1. The van der Waals surface area contributed by atoms with Gasteiger partial charge in [0.05, 0.1) is 28.6 Å². The highest BCUT2D eigenvalue weighted by Gasteiger charge is 2.60. The van der Waals surface area contributed by atoms with Crippen molar-refractivity contribution in [1.82, 2.24) is 24.6 Å². The number of carbonyl (C=O) groups excluding carboxylic acids is 2. The fraction of sp³-hybridized carbons (Fsp3) is 0.200. The number of pyridine rings is 1. The van der Waals surface area contributed by atoms with Gasteiger partial charge in [-0.05, 0) is 73.3 Å². The first kappa shape index (κ1) is 32.2. The van der Waals surface area contributed by atoms with Crippen LogP contribution in [-0.4, -0.2) is 63.4 Å². The number of nitrogens with one attached hydrogen (secondary N) is 1. The number of aromatic nitrogens is 3. The van der Waals surface area contributed by atoms with Crippen LogP contribution in [0.4, 0.5) is 10.1 Å². The number of halogens is 1. The summed E-state index contributed by atoms with van der Waals surface area (Å²) in [4.78, 5) is 35.3. The van der Waals surface area contributed by atoms with Gasteiger partial charge in [-0.15, -0.1) is 0 Å². The molecule has 3 aromatic heterocycles. The molecular formula is C40H35FN6O4. The van der Waals surface area contributed by atoms with Gasteiger partial charge in [0, 0.05) is 68.5 Å². The molecule has 0 saturated heterocycles. The first-order chi connectivity index (χ1) is 24.6. The van der Waals surface area contributed by atoms with Gasteiger partial charge in [-0.3, -0.25) is 14.3 Å². The number of hydrogen-bond acceptors (Lipinski definition) is 8. The Morgan fingerprint density at radius 1 is 1.00 bits per heavy atom. The van der Waals surface area contributed by atoms with Crippen LogP contribution in [0.1, 0.15) is 17.0 Å². The van der Waals surface area contributed by atoms with E-state index in [1.54, 1.807) is 65.7 Å². The highest BCUT2D eigenvalue weighted by molar-refractivity contribution is 6.25. The van der Waals surface area contributed by atoms with E-state index in [0.717, 1.165) is 39.7 Å². The van der Waals surface area contributed by atoms with Crippen molar-refractivity contribution >= 4 is 28.5 Å². The molecular weight excluding hydrogens is 647 g/mol. The summed E-state index contributed by atoms with van der Waals surface area (Å²) in [6.45, 7) is 0.774. The summed E-state index contributed by atoms with van der Waals surface area (Å²) in [5, 5.41) is 7.95. The second-order valence-corrected chi connectivity index (χ2v) is 13.4. The van der Waals surface area contributed by atoms with Crippen LogP contribution in [0.15, 0.2) is 114 Å². The van der Waals surface area contributed by atoms with Crippen molar-refractivity contribution in [1.29, 1.82) is 0 Å². The van der Waals surface area contributed by atoms with Gasteiger partial charge in [-0.25, -0.2) is 9.37 Å². The smallest absolute Gasteiger partial charge is 0.260 e. The number of ether oxygens (including phenoxy) is 1. The Morgan fingerprint density at radius 2 is 1.78 bits per heavy atom. The maximum absolute atomic E-state index is 13.5. The molecule has 10 nitrogen and oxygen atoms in total. The first-order valence-corrected chi connectivity index (χ1v) is 16.6. The molecule has 3 aromatic carbocycles. The van der Waals surface area contributed by atoms with E-state index in [4.69, 9.17) is 9.15 Å². The molecule has 1 N–H and O–H groups in total. The number of benzene rings is 3. The number of nitrogens with zero attached hydrogens (tertiary/aromatic N) is 5. The molecule has 6 aromatic rings. The Bertz CT molecular complexity index is 2330. The number of amides is 1. The molecule has 11 heteroatoms. The van der Waals surface area contributed by atoms with Gasteiger partial charge in [0.15, 0.2) is 5.78 Å². The van der Waals surface area contributed by atoms with Crippen molar-refractivity contribution in [2.24, 2.45) is 13.0 Å². The minimum absolute atomic E-state index is 0.0474. The standard InChI is InChI=1S/C40H35FN6O4/c1-45(2)20-23-6-5-7-25(18-23)33-34-31(16-17-42-40(34)51-38(33)26-19-43-47(4)21-26)50-29-14-12-28(13-15-29)44-39(49)30-22-46(3)36-32(35(36)37(30)48)24-8-10-27(41)11-9-24/h5-19,21-22,32,35-36H,20H2,1-4H3,(H,44,49). The number of anilines is 1. The Labute approximate surface area is 293 Å². The van der Waals surface area contributed by atoms with E-state index >= 15 is 0 Å². The number of ketones is 1. The van der Waals surface area contributed by atoms with Crippen LogP contribution in [0.2, 0.25) is 0 Å². The fourth-order valence-corrected chi connectivity index (χ4v) is 7.13. The molecule has 0 radical (unpaired) electrons. The van der Waals surface area contributed by atoms with Crippen LogP contribution in [0.5, 0.6) is 11.5 Å². The molecule has 8 rings (SSSR count). The minimum Gasteiger partial charge on any atom is -0.456 e. The molecule has 2 aliphatic rings. The molecule has 1 aliphatic heterocycles. The largest absolute Gasteiger partial charge is 0.456 e. The average Bonchev–Trinajstić information content (AvgIpc) is 3.52. The Morgan fingerprint density at radius 3 is 2.51 bits per heavy atom. The van der Waals surface area contributed by atoms with Crippen molar-refractivity contribution in [3.63, 3.8) is 0 Å². The number of carbonyl (C=O) groups is 2. The van der Waals surface area contributed by atoms with Crippen molar-refractivity contribution in [2.45, 2.75) is 18.5 Å². The zero-order valence-corrected chi connectivity index (χ0v) is 28.5. The zero-order chi connectivity index (χ0) is 35.4. The van der Waals surface area contributed by atoms with Crippen LogP contribution in [-0.2, 0) is 23.2 Å². The molecule has 0 bridgehead atoms. The van der Waals surface area contributed by atoms with E-state index in [9.17, 15) is 14.0 Å². The fourth-order valence-electron chi connectivity index (χ4n) is 7.13. The number of rotatable bonds is 9. The summed E-state index contributed by atoms with van der Waals surface area (Å²) in [7, 11) is 7.79. The molecule has 3 atom stereocenters. The Kier molecular flexibility index (Phi) is 7.99. The summed E-state index contributed by atoms with van der Waals surface area (Å²) in [5.41, 5.74) is 5.69. The summed E-state index contributed by atoms with van der Waals surface area (Å²) in [6.07, 6.45) is 6.92. The number of Topliss-reactive ketones (excluding diaryl/α,β-unsaturated/α-hetero) is 1. The van der Waals surface area contributed by atoms with Crippen molar-refractivity contribution in [3.8, 4) is 33.9 Å². The lowest BCUT2D eigenvalue weighted by molar-refractivity contribution is -0.121. The third-order valence-electron chi connectivity index (χ3n) is 9.43. The Hall–Kier alpha value is -6.07. The summed E-state index contributed by atoms with van der Waals surface area (Å²) in [6, 6.07) is 23.3. The third kappa shape index (κ3) is 6.06. The predicted octanol–water partition coefficient (Wildman–Crippen LogP) is 7.01. The van der Waals surface area contributed by atoms with Gasteiger partial charge in [0.2, 0.25) is 5.71 Å². The predicted molar refractivity (Wildman–Crippen MR) is 191 cm³/mol. The third-order valence-corrected chi connectivity index (χ3v) is 9.43. The quantitative estimate of drug-likeness (QED) is 0.163. The number of fused-ring (bicyclic) bond motifs is 2. The maximum atomic E-state index is 13.5. The second kappa shape index (κ2) is 12.7. The molecule has 0 spiro atoms. The van der Waals surface area contributed by atoms with Gasteiger partial charge in [0.1, 0.15) is 23.1 Å². The van der Waals surface area contributed by atoms with E-state index in [1.165, 1.54) is 12.1 Å². The van der Waals surface area contributed by atoms with Crippen LogP contribution in [0, 0.1) is 11.7 Å². The van der Waals surface area contributed by atoms with E-state index in [2.05, 4.69) is 32.4 Å². The molecule has 1 amide bonds. The first-order valence-electron chi connectivity index (χ1n) is 16.6. The number of furan rings is 1. The lowest BCUT2D eigenvalue weighted by atomic mass is 9.98. The van der Waals surface area contributed by atoms with Crippen molar-refractivity contribution < 1.29 is 23.1 Å². The van der Waals surface area contributed by atoms with E-state index in [-0.39, 0.29) is 35.1 Å². The molecule has 51 heavy (non-hydrogen) atoms. The molecule has 3 unspecified atom stereocenters. The van der Waals surface area contributed by atoms with Gasteiger partial charge >= 0.3 is 0 Å². The summed E-state index contributed by atoms with van der Waals surface area (Å²) in [5.74, 6) is 0.281. The van der Waals surface area contributed by atoms with Gasteiger partial charge in [0.25, 0.3) is 5.91 Å². The topological polar surface area (TPSA) is 106 Å². The number of aryl methyl sites for hydroxylation is 1. The highest BCUT2D eigenvalue weighted by Crippen LogP contribution is 2.54. The monoisotopic (exact) mass is 682 g/mol. The SMILES string of the molecule is CN(C)Cc1cccc(-c2c(-c3cnn(C)c3)oc3nccc(Oc4ccc(NC(=O)C5=CN(C)C6C(C5=O)C6c5ccc(F)cc5)cc4)c23)c1. The van der Waals surface area contributed by atoms with Crippen LogP contribution in [0.3, 0.4) is 0 Å². The van der Waals surface area contributed by atoms with Crippen LogP contribution in [0.25, 0.3) is 33.6 Å². The highest BCUT2D eigenvalue weighted by atomic mass is 19.1. The summed E-state index contributed by atoms with van der Waals surface area (Å²) >= 11 is 0. The van der Waals surface area contributed by atoms with Gasteiger partial charge in [-0.1, -0.05) is 30.3 Å². The number of likely N-dealkylation sites (N-methyl/N-ethyl adjacent to an activating group) is 1. The van der Waals surface area contributed by atoms with E-state index in [1.807, 2.05) is 51.4 Å². The summed E-state index contributed by atoms with van der Waals surface area (Å²) < 4.78 is 28.1. The molecule has 1 fully saturated rings. The zero-order valence-electron chi connectivity index (χ0n) is 28.5. The normalized spacial score (nSPS) is 18.2. The maximum Gasteiger partial charge on any atom is 0.260 e. The van der Waals surface area contributed by atoms with Crippen LogP contribution < -0.4 is 10.1 Å².